The van der Waals surface area contributed by atoms with Crippen LogP contribution in [0.4, 0.5) is 11.4 Å². The van der Waals surface area contributed by atoms with Crippen LogP contribution in [0.2, 0.25) is 5.15 Å². The van der Waals surface area contributed by atoms with Gasteiger partial charge in [0.25, 0.3) is 0 Å². The molecule has 0 amide bonds. The second-order valence-corrected chi connectivity index (χ2v) is 4.83. The quantitative estimate of drug-likeness (QED) is 0.646. The molecule has 4 N–H and O–H groups in total. The Morgan fingerprint density at radius 1 is 1.41 bits per heavy atom. The molecule has 0 bridgehead atoms. The molecule has 90 valence electrons. The Hall–Kier alpha value is -1.32. The maximum atomic E-state index is 6.02. The number of rotatable bonds is 2. The maximum Gasteiger partial charge on any atom is 0.130 e. The van der Waals surface area contributed by atoms with Crippen molar-refractivity contribution in [2.75, 3.05) is 18.1 Å². The first-order chi connectivity index (χ1) is 8.04. The van der Waals surface area contributed by atoms with E-state index in [1.165, 1.54) is 0 Å². The molecule has 0 spiro atoms. The lowest BCUT2D eigenvalue weighted by Gasteiger charge is -2.11. The van der Waals surface area contributed by atoms with Crippen molar-refractivity contribution in [3.05, 3.63) is 23.1 Å². The minimum absolute atomic E-state index is 0.401. The van der Waals surface area contributed by atoms with Crippen LogP contribution in [0.5, 0.6) is 0 Å². The summed E-state index contributed by atoms with van der Waals surface area (Å²) in [5, 5.41) is 4.60. The van der Waals surface area contributed by atoms with Gasteiger partial charge in [-0.3, -0.25) is 0 Å². The fourth-order valence-electron chi connectivity index (χ4n) is 1.64. The molecule has 0 aliphatic carbocycles. The molecule has 17 heavy (non-hydrogen) atoms. The number of hydrogen-bond acceptors (Lipinski definition) is 4. The number of halogens is 1. The highest BCUT2D eigenvalue weighted by atomic mass is 35.5. The van der Waals surface area contributed by atoms with E-state index in [-0.39, 0.29) is 0 Å². The molecule has 0 aliphatic heterocycles. The molecule has 7 heteroatoms. The predicted molar refractivity (Wildman–Crippen MR) is 73.7 cm³/mol. The van der Waals surface area contributed by atoms with E-state index in [1.54, 1.807) is 12.3 Å². The fourth-order valence-corrected chi connectivity index (χ4v) is 2.52. The Kier molecular flexibility index (Phi) is 3.22. The van der Waals surface area contributed by atoms with Crippen LogP contribution in [0.15, 0.2) is 12.3 Å². The minimum Gasteiger partial charge on any atom is -0.397 e. The summed E-state index contributed by atoms with van der Waals surface area (Å²) in [6.45, 7) is 3.83. The second-order valence-electron chi connectivity index (χ2n) is 3.58. The number of nitrogen functional groups attached to an aromatic ring is 2. The number of aromatic nitrogens is 3. The van der Waals surface area contributed by atoms with Crippen LogP contribution in [0.25, 0.3) is 11.3 Å². The normalized spacial score (nSPS) is 11.5. The average molecular weight is 270 g/mol. The van der Waals surface area contributed by atoms with E-state index in [0.29, 0.717) is 31.0 Å². The summed E-state index contributed by atoms with van der Waals surface area (Å²) < 4.78 is 1.82. The molecule has 0 aromatic carbocycles. The molecule has 2 aromatic rings. The zero-order chi connectivity index (χ0) is 12.6. The second kappa shape index (κ2) is 4.51. The fraction of sp³-hybridized carbons (Fsp3) is 0.200. The third-order valence-electron chi connectivity index (χ3n) is 2.48. The highest BCUT2D eigenvalue weighted by Crippen LogP contribution is 2.35. The van der Waals surface area contributed by atoms with E-state index in [9.17, 15) is 0 Å². The van der Waals surface area contributed by atoms with Crippen molar-refractivity contribution < 1.29 is 0 Å². The first kappa shape index (κ1) is 12.1. The topological polar surface area (TPSA) is 82.8 Å². The smallest absolute Gasteiger partial charge is 0.130 e. The number of anilines is 2. The lowest BCUT2D eigenvalue weighted by molar-refractivity contribution is 1.01. The number of nitrogens with zero attached hydrogens (tertiary/aromatic N) is 3. The highest BCUT2D eigenvalue weighted by molar-refractivity contribution is 7.35. The summed E-state index contributed by atoms with van der Waals surface area (Å²) in [4.78, 5) is 4.10. The van der Waals surface area contributed by atoms with Crippen LogP contribution in [0, 0.1) is 6.92 Å². The van der Waals surface area contributed by atoms with Gasteiger partial charge in [0.2, 0.25) is 0 Å². The Bertz CT molecular complexity index is 566. The maximum absolute atomic E-state index is 6.02. The van der Waals surface area contributed by atoms with Gasteiger partial charge in [0.1, 0.15) is 5.15 Å². The lowest BCUT2D eigenvalue weighted by Crippen LogP contribution is -2.01. The summed E-state index contributed by atoms with van der Waals surface area (Å²) in [6.07, 6.45) is 1.62. The third kappa shape index (κ3) is 2.08. The minimum atomic E-state index is 0.401. The Morgan fingerprint density at radius 2 is 2.12 bits per heavy atom. The Morgan fingerprint density at radius 3 is 2.76 bits per heavy atom. The average Bonchev–Trinajstić information content (AvgIpc) is 2.65. The first-order valence-corrected chi connectivity index (χ1v) is 6.81. The van der Waals surface area contributed by atoms with Gasteiger partial charge in [-0.15, -0.1) is 0 Å². The molecule has 0 aliphatic rings. The van der Waals surface area contributed by atoms with E-state index in [4.69, 9.17) is 23.1 Å². The van der Waals surface area contributed by atoms with Gasteiger partial charge in [0.15, 0.2) is 0 Å². The zero-order valence-electron chi connectivity index (χ0n) is 9.53. The van der Waals surface area contributed by atoms with E-state index in [0.717, 1.165) is 11.3 Å². The third-order valence-corrected chi connectivity index (χ3v) is 3.44. The van der Waals surface area contributed by atoms with Crippen LogP contribution in [0.3, 0.4) is 0 Å². The standard InChI is InChI=1S/C10H13ClN5P/c1-5-9(13)6(3-8(11)15-5)10-7(12)4-14-16(10)17-2/h3-4,17H,12-13H2,1-2H3. The molecule has 2 aromatic heterocycles. The van der Waals surface area contributed by atoms with Crippen molar-refractivity contribution in [3.8, 4) is 11.3 Å². The summed E-state index contributed by atoms with van der Waals surface area (Å²) in [7, 11) is 0.472. The lowest BCUT2D eigenvalue weighted by atomic mass is 10.1. The summed E-state index contributed by atoms with van der Waals surface area (Å²) in [5.41, 5.74) is 15.4. The summed E-state index contributed by atoms with van der Waals surface area (Å²) in [6, 6.07) is 1.72. The first-order valence-electron chi connectivity index (χ1n) is 4.98. The summed E-state index contributed by atoms with van der Waals surface area (Å²) in [5.74, 6) is 0. The monoisotopic (exact) mass is 269 g/mol. The van der Waals surface area contributed by atoms with Gasteiger partial charge in [-0.1, -0.05) is 11.6 Å². The SMILES string of the molecule is CPn1ncc(N)c1-c1cc(Cl)nc(C)c1N. The van der Waals surface area contributed by atoms with Gasteiger partial charge < -0.3 is 11.5 Å². The molecule has 0 fully saturated rings. The summed E-state index contributed by atoms with van der Waals surface area (Å²) >= 11 is 5.95. The molecule has 1 atom stereocenters. The van der Waals surface area contributed by atoms with E-state index < -0.39 is 0 Å². The molecule has 1 unspecified atom stereocenters. The van der Waals surface area contributed by atoms with Gasteiger partial charge in [-0.2, -0.15) is 5.10 Å². The zero-order valence-corrected chi connectivity index (χ0v) is 11.3. The van der Waals surface area contributed by atoms with Gasteiger partial charge in [0, 0.05) is 14.3 Å². The van der Waals surface area contributed by atoms with Gasteiger partial charge >= 0.3 is 0 Å². The Balaban J connectivity index is 2.71. The number of nitrogens with two attached hydrogens (primary N) is 2. The predicted octanol–water partition coefficient (Wildman–Crippen LogP) is 2.14. The van der Waals surface area contributed by atoms with Crippen molar-refractivity contribution in [2.24, 2.45) is 0 Å². The molecule has 5 nitrogen and oxygen atoms in total. The molecule has 2 rings (SSSR count). The van der Waals surface area contributed by atoms with Crippen molar-refractivity contribution in [3.63, 3.8) is 0 Å². The molecule has 0 saturated heterocycles. The largest absolute Gasteiger partial charge is 0.397 e. The van der Waals surface area contributed by atoms with Crippen LogP contribution < -0.4 is 11.5 Å². The van der Waals surface area contributed by atoms with Crippen molar-refractivity contribution in [1.29, 1.82) is 0 Å². The van der Waals surface area contributed by atoms with Gasteiger partial charge in [-0.25, -0.2) is 9.44 Å². The van der Waals surface area contributed by atoms with Crippen molar-refractivity contribution in [1.82, 2.24) is 14.5 Å². The van der Waals surface area contributed by atoms with Crippen LogP contribution in [0.1, 0.15) is 5.69 Å². The number of pyridine rings is 1. The molecular formula is C10H13ClN5P. The van der Waals surface area contributed by atoms with Crippen molar-refractivity contribution >= 4 is 31.7 Å². The van der Waals surface area contributed by atoms with E-state index >= 15 is 0 Å². The number of aryl methyl sites for hydroxylation is 1. The van der Waals surface area contributed by atoms with Crippen LogP contribution >= 0.6 is 20.3 Å². The van der Waals surface area contributed by atoms with Crippen LogP contribution in [-0.4, -0.2) is 21.2 Å². The Labute approximate surface area is 106 Å². The van der Waals surface area contributed by atoms with Crippen molar-refractivity contribution in [2.45, 2.75) is 6.92 Å². The molecule has 0 saturated carbocycles. The highest BCUT2D eigenvalue weighted by Gasteiger charge is 2.15. The molecule has 0 radical (unpaired) electrons. The number of hydrogen-bond donors (Lipinski definition) is 2. The van der Waals surface area contributed by atoms with E-state index in [2.05, 4.69) is 10.1 Å². The van der Waals surface area contributed by atoms with Crippen LogP contribution in [-0.2, 0) is 0 Å². The molecular weight excluding hydrogens is 257 g/mol. The van der Waals surface area contributed by atoms with Gasteiger partial charge in [-0.05, 0) is 19.7 Å². The van der Waals surface area contributed by atoms with Gasteiger partial charge in [0.05, 0.1) is 29.0 Å². The van der Waals surface area contributed by atoms with E-state index in [1.807, 2.05) is 18.0 Å². The molecule has 2 heterocycles.